The van der Waals surface area contributed by atoms with E-state index >= 15 is 0 Å². The molecule has 1 fully saturated rings. The third kappa shape index (κ3) is 4.46. The van der Waals surface area contributed by atoms with Gasteiger partial charge in [0.05, 0.1) is 19.1 Å². The highest BCUT2D eigenvalue weighted by Gasteiger charge is 2.33. The average Bonchev–Trinajstić information content (AvgIpc) is 2.99. The molecule has 1 aliphatic heterocycles. The number of aryl methyl sites for hydroxylation is 1. The molecular weight excluding hydrogens is 388 g/mol. The zero-order chi connectivity index (χ0) is 21.0. The minimum atomic E-state index is -0.190. The fraction of sp³-hybridized carbons (Fsp3) is 0.182. The first-order valence-electron chi connectivity index (χ1n) is 8.89. The maximum Gasteiger partial charge on any atom is 0.267 e. The number of carbonyl (C=O) groups is 1. The van der Waals surface area contributed by atoms with Gasteiger partial charge in [0.15, 0.2) is 5.17 Å². The number of thioether (sulfide) groups is 1. The first-order chi connectivity index (χ1) is 14.0. The van der Waals surface area contributed by atoms with Crippen LogP contribution in [0, 0.1) is 6.92 Å². The summed E-state index contributed by atoms with van der Waals surface area (Å²) in [5.74, 6) is 1.17. The van der Waals surface area contributed by atoms with E-state index in [0.717, 1.165) is 11.1 Å². The van der Waals surface area contributed by atoms with Crippen LogP contribution < -0.4 is 9.47 Å². The Kier molecular flexibility index (Phi) is 6.29. The maximum absolute atomic E-state index is 13.0. The van der Waals surface area contributed by atoms with Gasteiger partial charge in [-0.2, -0.15) is 0 Å². The number of amides is 1. The van der Waals surface area contributed by atoms with Gasteiger partial charge in [0.1, 0.15) is 22.9 Å². The fourth-order valence-corrected chi connectivity index (χ4v) is 3.80. The van der Waals surface area contributed by atoms with Gasteiger partial charge in [0, 0.05) is 12.1 Å². The summed E-state index contributed by atoms with van der Waals surface area (Å²) in [6.45, 7) is 5.92. The average molecular weight is 410 g/mol. The van der Waals surface area contributed by atoms with Crippen molar-refractivity contribution in [3.63, 3.8) is 0 Å². The van der Waals surface area contributed by atoms with E-state index in [0.29, 0.717) is 33.8 Å². The minimum Gasteiger partial charge on any atom is -0.506 e. The summed E-state index contributed by atoms with van der Waals surface area (Å²) in [5, 5.41) is 10.7. The standard InChI is InChI=1S/C22H22N2O4S/c1-5-10-24-21(26)20(13-15-12-16(27-3)7-9-19(15)28-4)29-22(24)23-17-8-6-14(2)11-18(17)25/h5-9,11-13,25H,1,10H2,2-4H3/b20-13-,23-22?. The van der Waals surface area contributed by atoms with Crippen molar-refractivity contribution in [2.24, 2.45) is 4.99 Å². The molecule has 0 saturated carbocycles. The number of hydrogen-bond acceptors (Lipinski definition) is 6. The molecule has 0 bridgehead atoms. The van der Waals surface area contributed by atoms with E-state index in [1.165, 1.54) is 16.7 Å². The summed E-state index contributed by atoms with van der Waals surface area (Å²) in [5.41, 5.74) is 2.05. The second kappa shape index (κ2) is 8.87. The van der Waals surface area contributed by atoms with Gasteiger partial charge in [0.2, 0.25) is 0 Å². The summed E-state index contributed by atoms with van der Waals surface area (Å²) in [4.78, 5) is 19.5. The summed E-state index contributed by atoms with van der Waals surface area (Å²) >= 11 is 1.23. The minimum absolute atomic E-state index is 0.0657. The van der Waals surface area contributed by atoms with Gasteiger partial charge in [-0.25, -0.2) is 4.99 Å². The van der Waals surface area contributed by atoms with Crippen molar-refractivity contribution in [1.82, 2.24) is 4.90 Å². The van der Waals surface area contributed by atoms with Crippen LogP contribution in [0.1, 0.15) is 11.1 Å². The van der Waals surface area contributed by atoms with Crippen molar-refractivity contribution < 1.29 is 19.4 Å². The van der Waals surface area contributed by atoms with Gasteiger partial charge in [-0.05, 0) is 60.7 Å². The molecular formula is C22H22N2O4S. The molecule has 0 radical (unpaired) electrons. The number of nitrogens with zero attached hydrogens (tertiary/aromatic N) is 2. The molecule has 2 aromatic rings. The Morgan fingerprint density at radius 1 is 1.21 bits per heavy atom. The third-order valence-electron chi connectivity index (χ3n) is 4.27. The predicted molar refractivity (Wildman–Crippen MR) is 117 cm³/mol. The topological polar surface area (TPSA) is 71.4 Å². The van der Waals surface area contributed by atoms with Gasteiger partial charge in [0.25, 0.3) is 5.91 Å². The Morgan fingerprint density at radius 3 is 2.66 bits per heavy atom. The third-order valence-corrected chi connectivity index (χ3v) is 5.28. The second-order valence-electron chi connectivity index (χ2n) is 6.31. The van der Waals surface area contributed by atoms with E-state index in [-0.39, 0.29) is 11.7 Å². The van der Waals surface area contributed by atoms with Crippen LogP contribution >= 0.6 is 11.8 Å². The van der Waals surface area contributed by atoms with Crippen molar-refractivity contribution in [2.75, 3.05) is 20.8 Å². The number of amidine groups is 1. The van der Waals surface area contributed by atoms with E-state index in [1.54, 1.807) is 56.7 Å². The Balaban J connectivity index is 2.02. The predicted octanol–water partition coefficient (Wildman–Crippen LogP) is 4.51. The molecule has 1 amide bonds. The Hall–Kier alpha value is -3.19. The van der Waals surface area contributed by atoms with E-state index in [1.807, 2.05) is 13.0 Å². The Morgan fingerprint density at radius 2 is 2.00 bits per heavy atom. The second-order valence-corrected chi connectivity index (χ2v) is 7.32. The lowest BCUT2D eigenvalue weighted by atomic mass is 10.1. The number of ether oxygens (including phenoxy) is 2. The molecule has 0 aliphatic carbocycles. The van der Waals surface area contributed by atoms with Crippen LogP contribution in [0.3, 0.4) is 0 Å². The zero-order valence-corrected chi connectivity index (χ0v) is 17.3. The molecule has 7 heteroatoms. The Bertz CT molecular complexity index is 1010. The lowest BCUT2D eigenvalue weighted by Gasteiger charge is -2.13. The smallest absolute Gasteiger partial charge is 0.267 e. The van der Waals surface area contributed by atoms with E-state index < -0.39 is 0 Å². The van der Waals surface area contributed by atoms with Crippen LogP contribution in [0.25, 0.3) is 6.08 Å². The molecule has 0 unspecified atom stereocenters. The number of methoxy groups -OCH3 is 2. The SMILES string of the molecule is C=CCN1C(=O)/C(=C/c2cc(OC)ccc2OC)SC1=Nc1ccc(C)cc1O. The number of hydrogen-bond donors (Lipinski definition) is 1. The van der Waals surface area contributed by atoms with Gasteiger partial charge < -0.3 is 14.6 Å². The molecule has 0 aromatic heterocycles. The van der Waals surface area contributed by atoms with Gasteiger partial charge in [-0.15, -0.1) is 6.58 Å². The van der Waals surface area contributed by atoms with Gasteiger partial charge in [-0.1, -0.05) is 12.1 Å². The molecule has 2 aromatic carbocycles. The monoisotopic (exact) mass is 410 g/mol. The number of aromatic hydroxyl groups is 1. The number of phenols is 1. The summed E-state index contributed by atoms with van der Waals surface area (Å²) < 4.78 is 10.7. The molecule has 1 saturated heterocycles. The summed E-state index contributed by atoms with van der Waals surface area (Å²) in [6, 6.07) is 10.6. The van der Waals surface area contributed by atoms with E-state index in [9.17, 15) is 9.90 Å². The molecule has 1 heterocycles. The number of carbonyl (C=O) groups excluding carboxylic acids is 1. The van der Waals surface area contributed by atoms with Crippen molar-refractivity contribution in [1.29, 1.82) is 0 Å². The first-order valence-corrected chi connectivity index (χ1v) is 9.71. The fourth-order valence-electron chi connectivity index (χ4n) is 2.81. The Labute approximate surface area is 174 Å². The highest BCUT2D eigenvalue weighted by Crippen LogP contribution is 2.37. The largest absolute Gasteiger partial charge is 0.506 e. The van der Waals surface area contributed by atoms with Crippen molar-refractivity contribution in [3.8, 4) is 17.2 Å². The molecule has 29 heavy (non-hydrogen) atoms. The number of benzene rings is 2. The molecule has 1 aliphatic rings. The quantitative estimate of drug-likeness (QED) is 0.560. The van der Waals surface area contributed by atoms with E-state index in [2.05, 4.69) is 11.6 Å². The van der Waals surface area contributed by atoms with Crippen LogP contribution in [0.4, 0.5) is 5.69 Å². The van der Waals surface area contributed by atoms with E-state index in [4.69, 9.17) is 9.47 Å². The molecule has 6 nitrogen and oxygen atoms in total. The number of phenolic OH excluding ortho intramolecular Hbond substituents is 1. The highest BCUT2D eigenvalue weighted by atomic mass is 32.2. The van der Waals surface area contributed by atoms with Crippen LogP contribution in [0.15, 0.2) is 59.0 Å². The normalized spacial score (nSPS) is 16.5. The van der Waals surface area contributed by atoms with Crippen molar-refractivity contribution >= 4 is 34.6 Å². The molecule has 150 valence electrons. The number of aliphatic imine (C=N–C) groups is 1. The van der Waals surface area contributed by atoms with Crippen molar-refractivity contribution in [2.45, 2.75) is 6.92 Å². The maximum atomic E-state index is 13.0. The van der Waals surface area contributed by atoms with Crippen LogP contribution in [-0.2, 0) is 4.79 Å². The lowest BCUT2D eigenvalue weighted by molar-refractivity contribution is -0.121. The van der Waals surface area contributed by atoms with Gasteiger partial charge in [-0.3, -0.25) is 9.69 Å². The van der Waals surface area contributed by atoms with Crippen LogP contribution in [-0.4, -0.2) is 41.8 Å². The lowest BCUT2D eigenvalue weighted by Crippen LogP contribution is -2.29. The molecule has 3 rings (SSSR count). The summed E-state index contributed by atoms with van der Waals surface area (Å²) in [7, 11) is 3.16. The van der Waals surface area contributed by atoms with Gasteiger partial charge >= 0.3 is 0 Å². The zero-order valence-electron chi connectivity index (χ0n) is 16.5. The number of rotatable bonds is 6. The van der Waals surface area contributed by atoms with Crippen LogP contribution in [0.5, 0.6) is 17.2 Å². The molecule has 0 spiro atoms. The summed E-state index contributed by atoms with van der Waals surface area (Å²) in [6.07, 6.45) is 3.39. The van der Waals surface area contributed by atoms with Crippen LogP contribution in [0.2, 0.25) is 0 Å². The first kappa shape index (κ1) is 20.5. The molecule has 1 N–H and O–H groups in total. The molecule has 0 atom stereocenters. The highest BCUT2D eigenvalue weighted by molar-refractivity contribution is 8.18. The van der Waals surface area contributed by atoms with Crippen molar-refractivity contribution in [3.05, 3.63) is 65.1 Å².